The largest absolute Gasteiger partial charge is 0.345 e. The SMILES string of the molecule is CN(c1ccccc1)c1ccc2c(c1)c1cc(-c3ccccc3-c3ccccc3)ccc1n2-c1ccccc1.Cc1ccc2c(c1)c1cc(N(C)c3ccccc3)ccc1n2-c1ccccc1. The molecule has 0 N–H and O–H groups in total. The number of hydrogen-bond acceptors (Lipinski definition) is 2. The summed E-state index contributed by atoms with van der Waals surface area (Å²) in [6.45, 7) is 2.16. The molecule has 0 aliphatic carbocycles. The molecule has 0 fully saturated rings. The van der Waals surface area contributed by atoms with Gasteiger partial charge in [0, 0.05) is 69.8 Å². The van der Waals surface area contributed by atoms with Crippen LogP contribution in [0.2, 0.25) is 0 Å². The van der Waals surface area contributed by atoms with Crippen LogP contribution in [0.5, 0.6) is 0 Å². The van der Waals surface area contributed by atoms with Crippen molar-refractivity contribution >= 4 is 66.4 Å². The van der Waals surface area contributed by atoms with Gasteiger partial charge in [0.15, 0.2) is 0 Å². The number of para-hydroxylation sites is 4. The molecule has 10 aromatic carbocycles. The molecular weight excluding hydrogens is 813 g/mol. The van der Waals surface area contributed by atoms with Crippen LogP contribution in [0, 0.1) is 6.92 Å². The highest BCUT2D eigenvalue weighted by atomic mass is 15.1. The van der Waals surface area contributed by atoms with E-state index in [0.717, 1.165) is 5.69 Å². The number of aromatic nitrogens is 2. The zero-order chi connectivity index (χ0) is 45.3. The Morgan fingerprint density at radius 1 is 0.284 bits per heavy atom. The van der Waals surface area contributed by atoms with Crippen molar-refractivity contribution in [3.8, 4) is 33.6 Å². The smallest absolute Gasteiger partial charge is 0.0542 e. The molecule has 0 amide bonds. The van der Waals surface area contributed by atoms with E-state index in [4.69, 9.17) is 0 Å². The number of aryl methyl sites for hydroxylation is 1. The molecule has 322 valence electrons. The van der Waals surface area contributed by atoms with Crippen LogP contribution < -0.4 is 9.80 Å². The van der Waals surface area contributed by atoms with E-state index in [2.05, 4.69) is 289 Å². The Morgan fingerprint density at radius 3 is 1.12 bits per heavy atom. The van der Waals surface area contributed by atoms with Crippen LogP contribution in [0.3, 0.4) is 0 Å². The van der Waals surface area contributed by atoms with Crippen molar-refractivity contribution in [2.45, 2.75) is 6.92 Å². The third-order valence-corrected chi connectivity index (χ3v) is 13.1. The van der Waals surface area contributed by atoms with Gasteiger partial charge in [0.2, 0.25) is 0 Å². The molecular formula is C63H50N4. The normalized spacial score (nSPS) is 11.2. The van der Waals surface area contributed by atoms with Gasteiger partial charge >= 0.3 is 0 Å². The summed E-state index contributed by atoms with van der Waals surface area (Å²) in [7, 11) is 4.26. The highest BCUT2D eigenvalue weighted by Gasteiger charge is 2.18. The zero-order valence-corrected chi connectivity index (χ0v) is 38.0. The molecule has 0 saturated heterocycles. The van der Waals surface area contributed by atoms with E-state index in [1.165, 1.54) is 99.9 Å². The summed E-state index contributed by atoms with van der Waals surface area (Å²) >= 11 is 0. The van der Waals surface area contributed by atoms with Gasteiger partial charge in [0.05, 0.1) is 22.1 Å². The van der Waals surface area contributed by atoms with E-state index in [1.807, 2.05) is 0 Å². The number of hydrogen-bond donors (Lipinski definition) is 0. The quantitative estimate of drug-likeness (QED) is 0.151. The maximum absolute atomic E-state index is 2.38. The molecule has 12 aromatic rings. The second kappa shape index (κ2) is 17.8. The molecule has 67 heavy (non-hydrogen) atoms. The highest BCUT2D eigenvalue weighted by molar-refractivity contribution is 6.12. The molecule has 0 radical (unpaired) electrons. The summed E-state index contributed by atoms with van der Waals surface area (Å²) in [6, 6.07) is 88.8. The van der Waals surface area contributed by atoms with Gasteiger partial charge in [-0.3, -0.25) is 0 Å². The molecule has 0 unspecified atom stereocenters. The number of benzene rings is 10. The van der Waals surface area contributed by atoms with Crippen molar-refractivity contribution in [2.75, 3.05) is 23.9 Å². The Bertz CT molecular complexity index is 3650. The zero-order valence-electron chi connectivity index (χ0n) is 38.0. The minimum absolute atomic E-state index is 1.16. The van der Waals surface area contributed by atoms with Gasteiger partial charge in [0.1, 0.15) is 0 Å². The minimum atomic E-state index is 1.16. The van der Waals surface area contributed by atoms with Gasteiger partial charge in [-0.05, 0) is 138 Å². The maximum atomic E-state index is 2.38. The topological polar surface area (TPSA) is 16.3 Å². The molecule has 0 bridgehead atoms. The van der Waals surface area contributed by atoms with E-state index in [0.29, 0.717) is 0 Å². The van der Waals surface area contributed by atoms with E-state index in [9.17, 15) is 0 Å². The summed E-state index contributed by atoms with van der Waals surface area (Å²) < 4.78 is 4.74. The van der Waals surface area contributed by atoms with Crippen molar-refractivity contribution in [1.29, 1.82) is 0 Å². The fourth-order valence-electron chi connectivity index (χ4n) is 9.64. The lowest BCUT2D eigenvalue weighted by molar-refractivity contribution is 1.17. The fraction of sp³-hybridized carbons (Fsp3) is 0.0476. The van der Waals surface area contributed by atoms with Crippen LogP contribution in [0.25, 0.3) is 77.2 Å². The number of nitrogens with zero attached hydrogens (tertiary/aromatic N) is 4. The summed E-state index contributed by atoms with van der Waals surface area (Å²) in [6.07, 6.45) is 0. The molecule has 0 spiro atoms. The van der Waals surface area contributed by atoms with Crippen LogP contribution in [0.1, 0.15) is 5.56 Å². The Hall–Kier alpha value is -8.60. The van der Waals surface area contributed by atoms with Gasteiger partial charge in [-0.2, -0.15) is 0 Å². The third kappa shape index (κ3) is 7.79. The van der Waals surface area contributed by atoms with Gasteiger partial charge < -0.3 is 18.9 Å². The lowest BCUT2D eigenvalue weighted by atomic mass is 9.94. The van der Waals surface area contributed by atoms with Gasteiger partial charge in [-0.15, -0.1) is 0 Å². The molecule has 0 aliphatic rings. The van der Waals surface area contributed by atoms with Crippen molar-refractivity contribution in [3.05, 3.63) is 254 Å². The predicted octanol–water partition coefficient (Wildman–Crippen LogP) is 16.7. The summed E-state index contributed by atoms with van der Waals surface area (Å²) in [5, 5.41) is 5.07. The Balaban J connectivity index is 0.000000156. The first-order valence-corrected chi connectivity index (χ1v) is 23.0. The van der Waals surface area contributed by atoms with Crippen LogP contribution in [0.15, 0.2) is 249 Å². The molecule has 2 heterocycles. The van der Waals surface area contributed by atoms with Crippen molar-refractivity contribution < 1.29 is 0 Å². The molecule has 0 saturated carbocycles. The van der Waals surface area contributed by atoms with Gasteiger partial charge in [0.25, 0.3) is 0 Å². The van der Waals surface area contributed by atoms with E-state index in [-0.39, 0.29) is 0 Å². The van der Waals surface area contributed by atoms with Crippen molar-refractivity contribution in [2.24, 2.45) is 0 Å². The van der Waals surface area contributed by atoms with E-state index in [1.54, 1.807) is 0 Å². The van der Waals surface area contributed by atoms with Crippen LogP contribution >= 0.6 is 0 Å². The first kappa shape index (κ1) is 41.1. The maximum Gasteiger partial charge on any atom is 0.0542 e. The molecule has 4 heteroatoms. The van der Waals surface area contributed by atoms with E-state index < -0.39 is 0 Å². The second-order valence-electron chi connectivity index (χ2n) is 17.2. The Morgan fingerprint density at radius 2 is 0.642 bits per heavy atom. The van der Waals surface area contributed by atoms with Gasteiger partial charge in [-0.25, -0.2) is 0 Å². The van der Waals surface area contributed by atoms with Crippen molar-refractivity contribution in [1.82, 2.24) is 9.13 Å². The summed E-state index contributed by atoms with van der Waals surface area (Å²) in [4.78, 5) is 4.49. The first-order valence-electron chi connectivity index (χ1n) is 23.0. The van der Waals surface area contributed by atoms with Crippen LogP contribution in [-0.2, 0) is 0 Å². The van der Waals surface area contributed by atoms with Crippen molar-refractivity contribution in [3.63, 3.8) is 0 Å². The monoisotopic (exact) mass is 862 g/mol. The van der Waals surface area contributed by atoms with Gasteiger partial charge in [-0.1, -0.05) is 145 Å². The molecule has 4 nitrogen and oxygen atoms in total. The summed E-state index contributed by atoms with van der Waals surface area (Å²) in [5.74, 6) is 0. The highest BCUT2D eigenvalue weighted by Crippen LogP contribution is 2.40. The summed E-state index contributed by atoms with van der Waals surface area (Å²) in [5.41, 5.74) is 18.2. The number of anilines is 4. The average Bonchev–Trinajstić information content (AvgIpc) is 3.90. The first-order chi connectivity index (χ1) is 33.0. The lowest BCUT2D eigenvalue weighted by Gasteiger charge is -2.19. The van der Waals surface area contributed by atoms with E-state index >= 15 is 0 Å². The van der Waals surface area contributed by atoms with Crippen LogP contribution in [0.4, 0.5) is 22.7 Å². The minimum Gasteiger partial charge on any atom is -0.345 e. The average molecular weight is 863 g/mol. The van der Waals surface area contributed by atoms with Crippen LogP contribution in [-0.4, -0.2) is 23.2 Å². The molecule has 0 aliphatic heterocycles. The lowest BCUT2D eigenvalue weighted by Crippen LogP contribution is -2.08. The number of rotatable bonds is 8. The second-order valence-corrected chi connectivity index (χ2v) is 17.2. The standard InChI is InChI=1S/C37H28N2.C26H22N2/c1-38(29-15-7-3-8-16-29)31-22-24-37-35(26-31)34-25-28(21-23-36(34)39(37)30-17-9-4-10-18-30)33-20-12-11-19-32(33)27-13-5-2-6-14-27;1-19-13-15-25-23(17-19)24-18-22(27(2)20-9-5-3-6-10-20)14-16-26(24)28(25)21-11-7-4-8-12-21/h2-26H,1H3;3-18H,1-2H3. The Kier molecular flexibility index (Phi) is 10.9. The number of fused-ring (bicyclic) bond motifs is 6. The molecule has 2 aromatic heterocycles. The molecule has 12 rings (SSSR count). The Labute approximate surface area is 392 Å². The fourth-order valence-corrected chi connectivity index (χ4v) is 9.64. The predicted molar refractivity (Wildman–Crippen MR) is 286 cm³/mol. The molecule has 0 atom stereocenters. The third-order valence-electron chi connectivity index (χ3n) is 13.1.